The molecule has 0 atom stereocenters. The second kappa shape index (κ2) is 5.85. The van der Waals surface area contributed by atoms with Crippen molar-refractivity contribution >= 4 is 17.1 Å². The van der Waals surface area contributed by atoms with Crippen LogP contribution in [0.15, 0.2) is 12.1 Å². The van der Waals surface area contributed by atoms with E-state index in [1.807, 2.05) is 6.07 Å². The highest BCUT2D eigenvalue weighted by molar-refractivity contribution is 5.76. The molecule has 0 radical (unpaired) electrons. The Labute approximate surface area is 159 Å². The lowest BCUT2D eigenvalue weighted by Gasteiger charge is -2.37. The molecule has 2 aliphatic carbocycles. The lowest BCUT2D eigenvalue weighted by Crippen LogP contribution is -2.38. The number of nitriles is 1. The maximum absolute atomic E-state index is 11.8. The molecule has 0 amide bonds. The highest BCUT2D eigenvalue weighted by Gasteiger charge is 2.47. The van der Waals surface area contributed by atoms with Crippen molar-refractivity contribution < 1.29 is 4.92 Å². The van der Waals surface area contributed by atoms with Crippen molar-refractivity contribution in [2.24, 2.45) is 10.8 Å². The third-order valence-electron chi connectivity index (χ3n) is 7.32. The Bertz CT molecular complexity index is 835. The first-order valence-electron chi connectivity index (χ1n) is 10.3. The quantitative estimate of drug-likeness (QED) is 0.591. The normalized spacial score (nSPS) is 24.7. The summed E-state index contributed by atoms with van der Waals surface area (Å²) in [4.78, 5) is 16.0. The number of nitrogens with zero attached hydrogens (tertiary/aromatic N) is 4. The summed E-state index contributed by atoms with van der Waals surface area (Å²) in [6, 6.07) is 5.87. The number of anilines is 2. The number of nitro groups is 1. The standard InChI is InChI=1S/C21H26N4O2/c22-13-16-11-17(23-9-1-3-20(14-23)5-6-20)12-18(19(16)25(26)27)24-10-2-4-21(15-24)7-8-21/h11-12H,1-10,14-15H2. The second-order valence-electron chi connectivity index (χ2n) is 9.28. The monoisotopic (exact) mass is 366 g/mol. The minimum Gasteiger partial charge on any atom is -0.371 e. The molecule has 2 saturated heterocycles. The molecule has 2 heterocycles. The van der Waals surface area contributed by atoms with Crippen molar-refractivity contribution in [1.82, 2.24) is 0 Å². The van der Waals surface area contributed by atoms with Crippen LogP contribution in [0.4, 0.5) is 17.1 Å². The molecule has 2 aliphatic heterocycles. The fourth-order valence-corrected chi connectivity index (χ4v) is 5.32. The molecule has 0 aromatic heterocycles. The highest BCUT2D eigenvalue weighted by atomic mass is 16.6. The van der Waals surface area contributed by atoms with Gasteiger partial charge in [-0.2, -0.15) is 5.26 Å². The minimum absolute atomic E-state index is 0.00269. The van der Waals surface area contributed by atoms with E-state index in [1.165, 1.54) is 44.9 Å². The SMILES string of the molecule is N#Cc1cc(N2CCCC3(CC3)C2)cc(N2CCCC3(CC3)C2)c1[N+](=O)[O-]. The van der Waals surface area contributed by atoms with Gasteiger partial charge in [0.05, 0.1) is 4.92 Å². The summed E-state index contributed by atoms with van der Waals surface area (Å²) in [6.07, 6.45) is 9.83. The van der Waals surface area contributed by atoms with E-state index in [-0.39, 0.29) is 16.2 Å². The maximum Gasteiger partial charge on any atom is 0.310 e. The average Bonchev–Trinajstić information content (AvgIpc) is 3.60. The largest absolute Gasteiger partial charge is 0.371 e. The van der Waals surface area contributed by atoms with Gasteiger partial charge in [-0.15, -0.1) is 0 Å². The molecular weight excluding hydrogens is 340 g/mol. The van der Waals surface area contributed by atoms with Crippen molar-refractivity contribution in [3.8, 4) is 6.07 Å². The number of nitro benzene ring substituents is 1. The lowest BCUT2D eigenvalue weighted by molar-refractivity contribution is -0.384. The van der Waals surface area contributed by atoms with Crippen molar-refractivity contribution in [3.05, 3.63) is 27.8 Å². The Balaban J connectivity index is 1.55. The van der Waals surface area contributed by atoms with E-state index >= 15 is 0 Å². The number of piperidine rings is 2. The van der Waals surface area contributed by atoms with Crippen LogP contribution in [-0.4, -0.2) is 31.1 Å². The Kier molecular flexibility index (Phi) is 3.65. The molecule has 1 aromatic rings. The fraction of sp³-hybridized carbons (Fsp3) is 0.667. The van der Waals surface area contributed by atoms with Gasteiger partial charge < -0.3 is 9.80 Å². The molecule has 0 N–H and O–H groups in total. The predicted octanol–water partition coefficient (Wildman–Crippen LogP) is 4.23. The first kappa shape index (κ1) is 16.9. The van der Waals surface area contributed by atoms with E-state index in [1.54, 1.807) is 6.07 Å². The van der Waals surface area contributed by atoms with Crippen molar-refractivity contribution in [1.29, 1.82) is 5.26 Å². The molecule has 4 aliphatic rings. The zero-order valence-corrected chi connectivity index (χ0v) is 15.7. The lowest BCUT2D eigenvalue weighted by atomic mass is 9.93. The van der Waals surface area contributed by atoms with E-state index < -0.39 is 0 Å². The zero-order chi connectivity index (χ0) is 18.6. The van der Waals surface area contributed by atoms with E-state index in [0.29, 0.717) is 16.5 Å². The fourth-order valence-electron chi connectivity index (χ4n) is 5.32. The molecule has 0 unspecified atom stereocenters. The van der Waals surface area contributed by atoms with Crippen LogP contribution in [0.5, 0.6) is 0 Å². The highest BCUT2D eigenvalue weighted by Crippen LogP contribution is 2.55. The van der Waals surface area contributed by atoms with Crippen LogP contribution < -0.4 is 9.80 Å². The molecule has 4 fully saturated rings. The zero-order valence-electron chi connectivity index (χ0n) is 15.7. The summed E-state index contributed by atoms with van der Waals surface area (Å²) >= 11 is 0. The molecule has 0 bridgehead atoms. The van der Waals surface area contributed by atoms with Crippen LogP contribution in [-0.2, 0) is 0 Å². The van der Waals surface area contributed by atoms with Crippen LogP contribution in [0.1, 0.15) is 56.9 Å². The van der Waals surface area contributed by atoms with E-state index in [0.717, 1.165) is 38.3 Å². The Hall–Kier alpha value is -2.29. The first-order valence-corrected chi connectivity index (χ1v) is 10.3. The summed E-state index contributed by atoms with van der Waals surface area (Å²) in [7, 11) is 0. The van der Waals surface area contributed by atoms with Gasteiger partial charge in [0.2, 0.25) is 0 Å². The summed E-state index contributed by atoms with van der Waals surface area (Å²) in [5.41, 5.74) is 2.70. The molecule has 142 valence electrons. The van der Waals surface area contributed by atoms with Gasteiger partial charge in [0.15, 0.2) is 0 Å². The van der Waals surface area contributed by atoms with Crippen LogP contribution in [0, 0.1) is 32.3 Å². The Morgan fingerprint density at radius 1 is 0.963 bits per heavy atom. The predicted molar refractivity (Wildman–Crippen MR) is 104 cm³/mol. The number of benzene rings is 1. The van der Waals surface area contributed by atoms with Crippen molar-refractivity contribution in [2.45, 2.75) is 51.4 Å². The minimum atomic E-state index is -0.357. The summed E-state index contributed by atoms with van der Waals surface area (Å²) in [5.74, 6) is 0. The topological polar surface area (TPSA) is 73.4 Å². The molecule has 6 heteroatoms. The molecule has 1 aromatic carbocycles. The molecule has 5 rings (SSSR count). The summed E-state index contributed by atoms with van der Waals surface area (Å²) in [5, 5.41) is 21.5. The number of hydrogen-bond donors (Lipinski definition) is 0. The first-order chi connectivity index (χ1) is 13.0. The van der Waals surface area contributed by atoms with Crippen LogP contribution in [0.2, 0.25) is 0 Å². The van der Waals surface area contributed by atoms with E-state index in [9.17, 15) is 15.4 Å². The Morgan fingerprint density at radius 2 is 1.56 bits per heavy atom. The van der Waals surface area contributed by atoms with Gasteiger partial charge in [-0.3, -0.25) is 10.1 Å². The smallest absolute Gasteiger partial charge is 0.310 e. The Morgan fingerprint density at radius 3 is 2.11 bits per heavy atom. The molecular formula is C21H26N4O2. The van der Waals surface area contributed by atoms with E-state index in [4.69, 9.17) is 0 Å². The van der Waals surface area contributed by atoms with Crippen LogP contribution >= 0.6 is 0 Å². The third kappa shape index (κ3) is 2.93. The number of rotatable bonds is 3. The molecule has 27 heavy (non-hydrogen) atoms. The van der Waals surface area contributed by atoms with Gasteiger partial charge in [-0.25, -0.2) is 0 Å². The van der Waals surface area contributed by atoms with Gasteiger partial charge >= 0.3 is 5.69 Å². The molecule has 6 nitrogen and oxygen atoms in total. The van der Waals surface area contributed by atoms with Gasteiger partial charge in [0.1, 0.15) is 17.3 Å². The second-order valence-corrected chi connectivity index (χ2v) is 9.28. The number of hydrogen-bond acceptors (Lipinski definition) is 5. The molecule has 2 saturated carbocycles. The summed E-state index contributed by atoms with van der Waals surface area (Å²) < 4.78 is 0. The van der Waals surface area contributed by atoms with Gasteiger partial charge in [0, 0.05) is 31.9 Å². The van der Waals surface area contributed by atoms with Gasteiger partial charge in [-0.1, -0.05) is 0 Å². The third-order valence-corrected chi connectivity index (χ3v) is 7.32. The van der Waals surface area contributed by atoms with Crippen LogP contribution in [0.25, 0.3) is 0 Å². The van der Waals surface area contributed by atoms with E-state index in [2.05, 4.69) is 15.9 Å². The van der Waals surface area contributed by atoms with Gasteiger partial charge in [-0.05, 0) is 74.3 Å². The van der Waals surface area contributed by atoms with Crippen molar-refractivity contribution in [3.63, 3.8) is 0 Å². The maximum atomic E-state index is 11.8. The van der Waals surface area contributed by atoms with Gasteiger partial charge in [0.25, 0.3) is 0 Å². The molecule has 2 spiro atoms. The van der Waals surface area contributed by atoms with Crippen LogP contribution in [0.3, 0.4) is 0 Å². The summed E-state index contributed by atoms with van der Waals surface area (Å²) in [6.45, 7) is 3.75. The average molecular weight is 366 g/mol. The van der Waals surface area contributed by atoms with Crippen molar-refractivity contribution in [2.75, 3.05) is 36.0 Å².